The van der Waals surface area contributed by atoms with Crippen LogP contribution >= 0.6 is 0 Å². The molecule has 0 spiro atoms. The normalized spacial score (nSPS) is 19.0. The van der Waals surface area contributed by atoms with E-state index in [2.05, 4.69) is 5.32 Å². The summed E-state index contributed by atoms with van der Waals surface area (Å²) in [6, 6.07) is 2.56. The number of halogens is 3. The molecule has 1 aliphatic rings. The fraction of sp³-hybridized carbons (Fsp3) is 0.562. The van der Waals surface area contributed by atoms with Crippen molar-refractivity contribution < 1.29 is 27.4 Å². The highest BCUT2D eigenvalue weighted by Crippen LogP contribution is 2.33. The molecule has 134 valence electrons. The van der Waals surface area contributed by atoms with Gasteiger partial charge in [-0.15, -0.1) is 0 Å². The Balaban J connectivity index is 2.05. The van der Waals surface area contributed by atoms with Crippen LogP contribution in [0, 0.1) is 0 Å². The van der Waals surface area contributed by atoms with E-state index in [1.165, 1.54) is 43.3 Å². The molecule has 24 heavy (non-hydrogen) atoms. The molecule has 2 atom stereocenters. The van der Waals surface area contributed by atoms with Gasteiger partial charge in [0.25, 0.3) is 0 Å². The molecule has 1 aliphatic heterocycles. The third-order valence-electron chi connectivity index (χ3n) is 3.89. The Kier molecular flexibility index (Phi) is 5.93. The van der Waals surface area contributed by atoms with E-state index >= 15 is 0 Å². The Morgan fingerprint density at radius 2 is 2.08 bits per heavy atom. The van der Waals surface area contributed by atoms with Gasteiger partial charge in [0.15, 0.2) is 6.04 Å². The maximum absolute atomic E-state index is 13.3. The van der Waals surface area contributed by atoms with Gasteiger partial charge in [-0.1, -0.05) is 12.1 Å². The van der Waals surface area contributed by atoms with E-state index in [1.54, 1.807) is 0 Å². The minimum Gasteiger partial charge on any atom is -0.497 e. The summed E-state index contributed by atoms with van der Waals surface area (Å²) in [7, 11) is 2.89. The van der Waals surface area contributed by atoms with Gasteiger partial charge in [-0.25, -0.2) is 4.79 Å². The van der Waals surface area contributed by atoms with Crippen molar-refractivity contribution in [3.63, 3.8) is 0 Å². The Bertz CT molecular complexity index is 542. The molecule has 8 heteroatoms. The van der Waals surface area contributed by atoms with Gasteiger partial charge in [0.05, 0.1) is 13.2 Å². The average Bonchev–Trinajstić information content (AvgIpc) is 3.04. The molecule has 0 saturated carbocycles. The number of ether oxygens (including phenoxy) is 2. The van der Waals surface area contributed by atoms with E-state index in [1.807, 2.05) is 0 Å². The van der Waals surface area contributed by atoms with Crippen LogP contribution in [0.15, 0.2) is 24.3 Å². The third-order valence-corrected chi connectivity index (χ3v) is 3.89. The van der Waals surface area contributed by atoms with Gasteiger partial charge in [0.1, 0.15) is 5.75 Å². The second-order valence-electron chi connectivity index (χ2n) is 5.71. The number of hydrogen-bond acceptors (Lipinski definition) is 3. The van der Waals surface area contributed by atoms with Gasteiger partial charge in [-0.3, -0.25) is 0 Å². The molecule has 0 radical (unpaired) electrons. The molecule has 1 aromatic rings. The second-order valence-corrected chi connectivity index (χ2v) is 5.71. The number of nitrogens with zero attached hydrogens (tertiary/aromatic N) is 1. The molecular formula is C16H21F3N2O3. The summed E-state index contributed by atoms with van der Waals surface area (Å²) in [6.45, 7) is 0.885. The number of amides is 2. The van der Waals surface area contributed by atoms with E-state index in [0.717, 1.165) is 12.8 Å². The molecule has 2 unspecified atom stereocenters. The van der Waals surface area contributed by atoms with Crippen molar-refractivity contribution in [1.29, 1.82) is 0 Å². The molecule has 2 amide bonds. The Morgan fingerprint density at radius 3 is 2.58 bits per heavy atom. The van der Waals surface area contributed by atoms with Crippen LogP contribution in [-0.4, -0.2) is 50.5 Å². The van der Waals surface area contributed by atoms with E-state index in [4.69, 9.17) is 9.47 Å². The highest BCUT2D eigenvalue weighted by molar-refractivity contribution is 5.74. The number of urea groups is 1. The van der Waals surface area contributed by atoms with Gasteiger partial charge in [0.2, 0.25) is 0 Å². The van der Waals surface area contributed by atoms with Crippen molar-refractivity contribution in [3.8, 4) is 5.75 Å². The first-order valence-corrected chi connectivity index (χ1v) is 7.65. The van der Waals surface area contributed by atoms with Gasteiger partial charge in [-0.2, -0.15) is 13.2 Å². The first kappa shape index (κ1) is 18.4. The van der Waals surface area contributed by atoms with Crippen molar-refractivity contribution in [3.05, 3.63) is 29.8 Å². The molecule has 1 N–H and O–H groups in total. The quantitative estimate of drug-likeness (QED) is 0.891. The molecule has 5 nitrogen and oxygen atoms in total. The summed E-state index contributed by atoms with van der Waals surface area (Å²) in [4.78, 5) is 13.3. The fourth-order valence-corrected chi connectivity index (χ4v) is 2.56. The first-order valence-electron chi connectivity index (χ1n) is 7.65. The summed E-state index contributed by atoms with van der Waals surface area (Å²) in [5, 5.41) is 2.05. The minimum absolute atomic E-state index is 0.0535. The number of nitrogens with one attached hydrogen (secondary N) is 1. The van der Waals surface area contributed by atoms with Crippen LogP contribution < -0.4 is 10.1 Å². The monoisotopic (exact) mass is 346 g/mol. The lowest BCUT2D eigenvalue weighted by Gasteiger charge is -2.27. The van der Waals surface area contributed by atoms with Crippen LogP contribution in [0.2, 0.25) is 0 Å². The zero-order chi connectivity index (χ0) is 17.7. The maximum atomic E-state index is 13.3. The van der Waals surface area contributed by atoms with Crippen molar-refractivity contribution in [2.24, 2.45) is 0 Å². The lowest BCUT2D eigenvalue weighted by molar-refractivity contribution is -0.155. The Morgan fingerprint density at radius 1 is 1.42 bits per heavy atom. The van der Waals surface area contributed by atoms with Crippen LogP contribution in [0.5, 0.6) is 5.75 Å². The molecular weight excluding hydrogens is 325 g/mol. The molecule has 1 saturated heterocycles. The van der Waals surface area contributed by atoms with E-state index in [-0.39, 0.29) is 18.2 Å². The molecule has 0 aromatic heterocycles. The zero-order valence-electron chi connectivity index (χ0n) is 13.6. The first-order chi connectivity index (χ1) is 11.3. The summed E-state index contributed by atoms with van der Waals surface area (Å²) < 4.78 is 50.3. The number of carbonyl (C=O) groups excluding carboxylic acids is 1. The number of rotatable bonds is 5. The summed E-state index contributed by atoms with van der Waals surface area (Å²) in [5.41, 5.74) is -0.0535. The Labute approximate surface area is 138 Å². The van der Waals surface area contributed by atoms with Crippen molar-refractivity contribution in [2.45, 2.75) is 31.2 Å². The van der Waals surface area contributed by atoms with E-state index < -0.39 is 18.2 Å². The molecule has 0 aliphatic carbocycles. The number of carbonyl (C=O) groups is 1. The smallest absolute Gasteiger partial charge is 0.412 e. The van der Waals surface area contributed by atoms with Crippen LogP contribution in [-0.2, 0) is 4.74 Å². The second kappa shape index (κ2) is 7.74. The van der Waals surface area contributed by atoms with Crippen LogP contribution in [0.1, 0.15) is 24.4 Å². The van der Waals surface area contributed by atoms with Crippen molar-refractivity contribution in [1.82, 2.24) is 10.2 Å². The lowest BCUT2D eigenvalue weighted by Crippen LogP contribution is -2.46. The van der Waals surface area contributed by atoms with Crippen LogP contribution in [0.25, 0.3) is 0 Å². The summed E-state index contributed by atoms with van der Waals surface area (Å²) >= 11 is 0. The van der Waals surface area contributed by atoms with Gasteiger partial charge in [0, 0.05) is 20.2 Å². The van der Waals surface area contributed by atoms with Gasteiger partial charge >= 0.3 is 12.2 Å². The van der Waals surface area contributed by atoms with Crippen molar-refractivity contribution >= 4 is 6.03 Å². The number of alkyl halides is 3. The number of hydrogen-bond donors (Lipinski definition) is 1. The summed E-state index contributed by atoms with van der Waals surface area (Å²) in [6.07, 6.45) is -3.02. The van der Waals surface area contributed by atoms with Gasteiger partial charge in [-0.05, 0) is 30.5 Å². The van der Waals surface area contributed by atoms with E-state index in [0.29, 0.717) is 12.4 Å². The highest BCUT2D eigenvalue weighted by Gasteiger charge is 2.42. The molecule has 2 rings (SSSR count). The van der Waals surface area contributed by atoms with Crippen LogP contribution in [0.3, 0.4) is 0 Å². The largest absolute Gasteiger partial charge is 0.497 e. The number of methoxy groups -OCH3 is 1. The molecule has 1 fully saturated rings. The number of likely N-dealkylation sites (N-methyl/N-ethyl adjacent to an activating group) is 1. The zero-order valence-corrected chi connectivity index (χ0v) is 13.6. The SMILES string of the molecule is COc1ccc(C(NC(=O)N(C)CC2CCCO2)C(F)(F)F)cc1. The topological polar surface area (TPSA) is 50.8 Å². The Hall–Kier alpha value is -1.96. The lowest BCUT2D eigenvalue weighted by atomic mass is 10.1. The minimum atomic E-state index is -4.60. The molecule has 1 aromatic carbocycles. The predicted octanol–water partition coefficient (Wildman–Crippen LogP) is 3.12. The standard InChI is InChI=1S/C16H21F3N2O3/c1-21(10-13-4-3-9-24-13)15(22)20-14(16(17,18)19)11-5-7-12(23-2)8-6-11/h5-8,13-14H,3-4,9-10H2,1-2H3,(H,20,22). The van der Waals surface area contributed by atoms with Crippen LogP contribution in [0.4, 0.5) is 18.0 Å². The molecule has 0 bridgehead atoms. The van der Waals surface area contributed by atoms with Crippen molar-refractivity contribution in [2.75, 3.05) is 27.3 Å². The van der Waals surface area contributed by atoms with E-state index in [9.17, 15) is 18.0 Å². The predicted molar refractivity (Wildman–Crippen MR) is 81.9 cm³/mol. The molecule has 1 heterocycles. The number of benzene rings is 1. The van der Waals surface area contributed by atoms with Gasteiger partial charge < -0.3 is 19.7 Å². The third kappa shape index (κ3) is 4.77. The maximum Gasteiger partial charge on any atom is 0.412 e. The average molecular weight is 346 g/mol. The fourth-order valence-electron chi connectivity index (χ4n) is 2.56. The summed E-state index contributed by atoms with van der Waals surface area (Å²) in [5.74, 6) is 0.446. The highest BCUT2D eigenvalue weighted by atomic mass is 19.4.